The fraction of sp³-hybridized carbons (Fsp3) is 0.111. The van der Waals surface area contributed by atoms with E-state index in [-0.39, 0.29) is 12.1 Å². The van der Waals surface area contributed by atoms with Crippen LogP contribution in [0.25, 0.3) is 5.69 Å². The predicted octanol–water partition coefficient (Wildman–Crippen LogP) is 1.38. The Morgan fingerprint density at radius 2 is 1.85 bits per heavy atom. The van der Waals surface area contributed by atoms with Gasteiger partial charge in [-0.05, 0) is 34.7 Å². The lowest BCUT2D eigenvalue weighted by Crippen LogP contribution is -2.35. The van der Waals surface area contributed by atoms with Crippen molar-refractivity contribution in [2.75, 3.05) is 18.1 Å². The molecule has 0 aliphatic carbocycles. The Kier molecular flexibility index (Phi) is 5.49. The van der Waals surface area contributed by atoms with Gasteiger partial charge < -0.3 is 4.74 Å². The highest BCUT2D eigenvalue weighted by molar-refractivity contribution is 5.98. The number of anilines is 1. The Morgan fingerprint density at radius 1 is 1.11 bits per heavy atom. The number of rotatable bonds is 6. The number of esters is 1. The minimum atomic E-state index is -0.695. The van der Waals surface area contributed by atoms with Gasteiger partial charge in [0, 0.05) is 5.69 Å². The van der Waals surface area contributed by atoms with Gasteiger partial charge in [0.25, 0.3) is 5.91 Å². The summed E-state index contributed by atoms with van der Waals surface area (Å²) >= 11 is 0. The lowest BCUT2D eigenvalue weighted by Gasteiger charge is -2.19. The Morgan fingerprint density at radius 3 is 2.56 bits per heavy atom. The highest BCUT2D eigenvalue weighted by atomic mass is 16.5. The molecule has 3 rings (SSSR count). The van der Waals surface area contributed by atoms with Crippen LogP contribution in [-0.2, 0) is 9.53 Å². The molecule has 9 heteroatoms. The van der Waals surface area contributed by atoms with Gasteiger partial charge in [-0.3, -0.25) is 9.69 Å². The van der Waals surface area contributed by atoms with Crippen LogP contribution in [-0.4, -0.2) is 45.2 Å². The zero-order valence-electron chi connectivity index (χ0n) is 14.1. The predicted molar refractivity (Wildman–Crippen MR) is 93.8 cm³/mol. The first-order valence-electron chi connectivity index (χ1n) is 7.92. The second-order valence-corrected chi connectivity index (χ2v) is 5.32. The van der Waals surface area contributed by atoms with Crippen molar-refractivity contribution in [3.8, 4) is 11.8 Å². The monoisotopic (exact) mass is 362 g/mol. The normalized spacial score (nSPS) is 10.0. The average Bonchev–Trinajstić information content (AvgIpc) is 3.25. The van der Waals surface area contributed by atoms with Gasteiger partial charge in [-0.1, -0.05) is 30.3 Å². The highest BCUT2D eigenvalue weighted by Gasteiger charge is 2.20. The first kappa shape index (κ1) is 17.8. The number of hydrogen-bond acceptors (Lipinski definition) is 7. The van der Waals surface area contributed by atoms with E-state index in [2.05, 4.69) is 15.5 Å². The van der Waals surface area contributed by atoms with Gasteiger partial charge >= 0.3 is 5.97 Å². The highest BCUT2D eigenvalue weighted by Crippen LogP contribution is 2.16. The molecule has 1 aromatic heterocycles. The quantitative estimate of drug-likeness (QED) is 0.480. The molecule has 0 unspecified atom stereocenters. The van der Waals surface area contributed by atoms with Crippen molar-refractivity contribution < 1.29 is 14.3 Å². The molecule has 0 radical (unpaired) electrons. The molecule has 0 saturated carbocycles. The van der Waals surface area contributed by atoms with E-state index in [1.165, 1.54) is 15.9 Å². The summed E-state index contributed by atoms with van der Waals surface area (Å²) in [7, 11) is 0. The van der Waals surface area contributed by atoms with Crippen molar-refractivity contribution >= 4 is 17.6 Å². The lowest BCUT2D eigenvalue weighted by atomic mass is 10.2. The number of nitrogens with zero attached hydrogens (tertiary/aromatic N) is 6. The Bertz CT molecular complexity index is 966. The smallest absolute Gasteiger partial charge is 0.340 e. The molecule has 0 atom stereocenters. The molecule has 27 heavy (non-hydrogen) atoms. The molecule has 0 fully saturated rings. The van der Waals surface area contributed by atoms with Crippen molar-refractivity contribution in [3.05, 3.63) is 66.5 Å². The number of aromatic nitrogens is 4. The van der Waals surface area contributed by atoms with Crippen LogP contribution >= 0.6 is 0 Å². The molecule has 0 aliphatic heterocycles. The molecular formula is C18H14N6O3. The van der Waals surface area contributed by atoms with E-state index < -0.39 is 18.5 Å². The molecule has 0 aliphatic rings. The largest absolute Gasteiger partial charge is 0.452 e. The van der Waals surface area contributed by atoms with Crippen LogP contribution in [0.3, 0.4) is 0 Å². The maximum atomic E-state index is 12.4. The van der Waals surface area contributed by atoms with E-state index in [0.29, 0.717) is 11.4 Å². The molecule has 3 aromatic rings. The summed E-state index contributed by atoms with van der Waals surface area (Å²) in [5, 5.41) is 19.8. The first-order chi connectivity index (χ1) is 13.2. The summed E-state index contributed by atoms with van der Waals surface area (Å²) in [6.07, 6.45) is 1.35. The summed E-state index contributed by atoms with van der Waals surface area (Å²) in [5.41, 5.74) is 1.19. The molecule has 1 heterocycles. The summed E-state index contributed by atoms with van der Waals surface area (Å²) < 4.78 is 6.48. The Hall–Kier alpha value is -4.06. The Labute approximate surface area is 154 Å². The fourth-order valence-corrected chi connectivity index (χ4v) is 2.40. The summed E-state index contributed by atoms with van der Waals surface area (Å²) in [4.78, 5) is 26.1. The van der Waals surface area contributed by atoms with Crippen molar-refractivity contribution in [1.29, 1.82) is 5.26 Å². The summed E-state index contributed by atoms with van der Waals surface area (Å²) in [5.74, 6) is -1.20. The minimum absolute atomic E-state index is 0.151. The number of para-hydroxylation sites is 2. The topological polar surface area (TPSA) is 114 Å². The van der Waals surface area contributed by atoms with Crippen LogP contribution in [0.15, 0.2) is 60.9 Å². The molecule has 2 aromatic carbocycles. The second-order valence-electron chi connectivity index (χ2n) is 5.32. The van der Waals surface area contributed by atoms with E-state index in [1.54, 1.807) is 54.6 Å². The molecule has 1 amide bonds. The third-order valence-corrected chi connectivity index (χ3v) is 3.64. The third-order valence-electron chi connectivity index (χ3n) is 3.64. The van der Waals surface area contributed by atoms with Crippen LogP contribution in [0.5, 0.6) is 0 Å². The number of nitriles is 1. The number of hydrogen-bond donors (Lipinski definition) is 0. The number of carbonyl (C=O) groups excluding carboxylic acids is 2. The number of ether oxygens (including phenoxy) is 1. The number of amides is 1. The van der Waals surface area contributed by atoms with Gasteiger partial charge in [0.15, 0.2) is 6.61 Å². The van der Waals surface area contributed by atoms with E-state index >= 15 is 0 Å². The van der Waals surface area contributed by atoms with E-state index in [4.69, 9.17) is 10.00 Å². The molecular weight excluding hydrogens is 348 g/mol. The second kappa shape index (κ2) is 8.35. The fourth-order valence-electron chi connectivity index (χ4n) is 2.40. The van der Waals surface area contributed by atoms with Crippen molar-refractivity contribution in [2.45, 2.75) is 0 Å². The Balaban J connectivity index is 1.72. The summed E-state index contributed by atoms with van der Waals surface area (Å²) in [6.45, 7) is -0.652. The van der Waals surface area contributed by atoms with E-state index in [1.807, 2.05) is 6.07 Å². The standard InChI is InChI=1S/C18H14N6O3/c19-10-11-23(14-6-2-1-3-7-14)17(25)12-27-18(26)15-8-4-5-9-16(15)24-13-20-21-22-24/h1-9,13H,11-12H2. The molecule has 0 bridgehead atoms. The van der Waals surface area contributed by atoms with Crippen molar-refractivity contribution in [3.63, 3.8) is 0 Å². The molecule has 0 spiro atoms. The van der Waals surface area contributed by atoms with Gasteiger partial charge in [0.2, 0.25) is 0 Å². The number of benzene rings is 2. The summed E-state index contributed by atoms with van der Waals surface area (Å²) in [6, 6.07) is 17.2. The van der Waals surface area contributed by atoms with Crippen molar-refractivity contribution in [2.24, 2.45) is 0 Å². The van der Waals surface area contributed by atoms with Gasteiger partial charge in [0.05, 0.1) is 17.3 Å². The van der Waals surface area contributed by atoms with Gasteiger partial charge in [-0.2, -0.15) is 9.94 Å². The number of tetrazole rings is 1. The average molecular weight is 362 g/mol. The maximum Gasteiger partial charge on any atom is 0.340 e. The molecule has 0 saturated heterocycles. The van der Waals surface area contributed by atoms with E-state index in [0.717, 1.165) is 0 Å². The van der Waals surface area contributed by atoms with Crippen LogP contribution < -0.4 is 4.90 Å². The van der Waals surface area contributed by atoms with Crippen LogP contribution in [0.4, 0.5) is 5.69 Å². The van der Waals surface area contributed by atoms with Crippen LogP contribution in [0, 0.1) is 11.3 Å². The lowest BCUT2D eigenvalue weighted by molar-refractivity contribution is -0.121. The van der Waals surface area contributed by atoms with E-state index in [9.17, 15) is 9.59 Å². The minimum Gasteiger partial charge on any atom is -0.452 e. The SMILES string of the molecule is N#CCN(C(=O)COC(=O)c1ccccc1-n1cnnn1)c1ccccc1. The third kappa shape index (κ3) is 4.13. The molecule has 0 N–H and O–H groups in total. The molecule has 134 valence electrons. The maximum absolute atomic E-state index is 12.4. The van der Waals surface area contributed by atoms with Crippen molar-refractivity contribution in [1.82, 2.24) is 20.2 Å². The van der Waals surface area contributed by atoms with Crippen LogP contribution in [0.2, 0.25) is 0 Å². The van der Waals surface area contributed by atoms with Gasteiger partial charge in [-0.25, -0.2) is 4.79 Å². The van der Waals surface area contributed by atoms with Gasteiger partial charge in [0.1, 0.15) is 12.9 Å². The zero-order chi connectivity index (χ0) is 19.1. The first-order valence-corrected chi connectivity index (χ1v) is 7.92. The van der Waals surface area contributed by atoms with Gasteiger partial charge in [-0.15, -0.1) is 5.10 Å². The number of carbonyl (C=O) groups is 2. The zero-order valence-corrected chi connectivity index (χ0v) is 14.1. The molecule has 9 nitrogen and oxygen atoms in total. The van der Waals surface area contributed by atoms with Crippen LogP contribution in [0.1, 0.15) is 10.4 Å².